The van der Waals surface area contributed by atoms with Crippen LogP contribution in [0, 0.1) is 0 Å². The second kappa shape index (κ2) is 8.06. The van der Waals surface area contributed by atoms with Crippen molar-refractivity contribution in [3.63, 3.8) is 0 Å². The Morgan fingerprint density at radius 3 is 2.52 bits per heavy atom. The van der Waals surface area contributed by atoms with Crippen molar-refractivity contribution < 1.29 is 27.8 Å². The number of rotatable bonds is 7. The first-order valence-electron chi connectivity index (χ1n) is 10.7. The molecular formula is C24H27NO7S. The van der Waals surface area contributed by atoms with E-state index in [1.54, 1.807) is 6.07 Å². The largest absolute Gasteiger partial charge is 0.493 e. The molecule has 33 heavy (non-hydrogen) atoms. The van der Waals surface area contributed by atoms with E-state index in [9.17, 15) is 23.1 Å². The molecule has 1 N–H and O–H groups in total. The van der Waals surface area contributed by atoms with Gasteiger partial charge in [0, 0.05) is 35.0 Å². The Labute approximate surface area is 191 Å². The van der Waals surface area contributed by atoms with Crippen LogP contribution in [0.15, 0.2) is 29.2 Å². The van der Waals surface area contributed by atoms with Gasteiger partial charge in [0.25, 0.3) is 0 Å². The van der Waals surface area contributed by atoms with Crippen molar-refractivity contribution in [2.45, 2.75) is 38.5 Å². The summed E-state index contributed by atoms with van der Waals surface area (Å²) in [4.78, 5) is 24.2. The van der Waals surface area contributed by atoms with Crippen LogP contribution in [0.4, 0.5) is 0 Å². The lowest BCUT2D eigenvalue weighted by Gasteiger charge is -2.24. The number of hydrogen-bond acceptors (Lipinski definition) is 6. The van der Waals surface area contributed by atoms with Crippen LogP contribution in [-0.4, -0.2) is 49.6 Å². The molecule has 1 aliphatic carbocycles. The number of methoxy groups -OCH3 is 1. The fourth-order valence-electron chi connectivity index (χ4n) is 4.70. The van der Waals surface area contributed by atoms with E-state index in [2.05, 4.69) is 13.8 Å². The Balaban J connectivity index is 1.95. The maximum absolute atomic E-state index is 12.6. The van der Waals surface area contributed by atoms with Gasteiger partial charge in [0.15, 0.2) is 16.9 Å². The van der Waals surface area contributed by atoms with Crippen molar-refractivity contribution in [2.24, 2.45) is 0 Å². The first-order valence-corrected chi connectivity index (χ1v) is 12.8. The molecule has 0 radical (unpaired) electrons. The third-order valence-corrected chi connectivity index (χ3v) is 7.30. The summed E-state index contributed by atoms with van der Waals surface area (Å²) in [7, 11) is -1.56. The third-order valence-electron chi connectivity index (χ3n) is 6.27. The van der Waals surface area contributed by atoms with E-state index >= 15 is 0 Å². The molecule has 0 atom stereocenters. The SMILES string of the molecule is COc1cc2c(cc1OCCCS(C)(=O)=O)c1c(n3cc(C(=O)O)c(=O)cc23)C(C)(C)CC1. The Morgan fingerprint density at radius 2 is 1.88 bits per heavy atom. The molecule has 4 rings (SSSR count). The first kappa shape index (κ1) is 23.1. The number of ether oxygens (including phenoxy) is 2. The summed E-state index contributed by atoms with van der Waals surface area (Å²) in [6.45, 7) is 4.43. The van der Waals surface area contributed by atoms with E-state index < -0.39 is 21.2 Å². The predicted molar refractivity (Wildman–Crippen MR) is 126 cm³/mol. The standard InChI is InChI=1S/C24H27NO7S/c1-24(2)7-6-14-15-10-21(32-8-5-9-33(4,29)30)20(31-3)11-16(15)18-12-19(26)17(23(27)28)13-25(18)22(14)24/h10-13H,5-9H2,1-4H3,(H,27,28). The Morgan fingerprint density at radius 1 is 1.18 bits per heavy atom. The quantitative estimate of drug-likeness (QED) is 0.414. The number of carbonyl (C=O) groups is 1. The van der Waals surface area contributed by atoms with E-state index in [1.165, 1.54) is 25.6 Å². The Kier molecular flexibility index (Phi) is 5.64. The minimum atomic E-state index is -3.07. The maximum Gasteiger partial charge on any atom is 0.341 e. The lowest BCUT2D eigenvalue weighted by molar-refractivity contribution is 0.0695. The molecule has 0 bridgehead atoms. The van der Waals surface area contributed by atoms with Gasteiger partial charge in [-0.25, -0.2) is 13.2 Å². The van der Waals surface area contributed by atoms with Crippen molar-refractivity contribution in [1.82, 2.24) is 4.40 Å². The van der Waals surface area contributed by atoms with Gasteiger partial charge < -0.3 is 19.0 Å². The summed E-state index contributed by atoms with van der Waals surface area (Å²) >= 11 is 0. The molecule has 0 aliphatic heterocycles. The molecule has 9 heteroatoms. The second-order valence-electron chi connectivity index (χ2n) is 9.20. The van der Waals surface area contributed by atoms with Gasteiger partial charge in [0.1, 0.15) is 15.4 Å². The average molecular weight is 474 g/mol. The minimum absolute atomic E-state index is 0.0337. The summed E-state index contributed by atoms with van der Waals surface area (Å²) in [5.74, 6) is -0.268. The Bertz CT molecular complexity index is 1450. The molecule has 0 spiro atoms. The number of nitrogens with zero attached hydrogens (tertiary/aromatic N) is 1. The van der Waals surface area contributed by atoms with Gasteiger partial charge in [0.2, 0.25) is 0 Å². The molecule has 1 aromatic carbocycles. The van der Waals surface area contributed by atoms with Crippen molar-refractivity contribution in [3.8, 4) is 11.5 Å². The highest BCUT2D eigenvalue weighted by atomic mass is 32.2. The molecule has 0 fully saturated rings. The van der Waals surface area contributed by atoms with Gasteiger partial charge in [0.05, 0.1) is 25.0 Å². The number of sulfone groups is 1. The van der Waals surface area contributed by atoms with E-state index in [4.69, 9.17) is 9.47 Å². The number of carboxylic acid groups (broad SMARTS) is 1. The zero-order chi connectivity index (χ0) is 24.1. The smallest absolute Gasteiger partial charge is 0.341 e. The van der Waals surface area contributed by atoms with Crippen molar-refractivity contribution >= 4 is 32.1 Å². The molecule has 2 aromatic heterocycles. The van der Waals surface area contributed by atoms with Crippen LogP contribution >= 0.6 is 0 Å². The number of pyridine rings is 2. The van der Waals surface area contributed by atoms with Crippen LogP contribution in [0.1, 0.15) is 48.3 Å². The van der Waals surface area contributed by atoms with Gasteiger partial charge in [-0.05, 0) is 42.3 Å². The van der Waals surface area contributed by atoms with Crippen molar-refractivity contribution in [1.29, 1.82) is 0 Å². The number of hydrogen-bond donors (Lipinski definition) is 1. The molecule has 0 amide bonds. The number of aryl methyl sites for hydroxylation is 1. The number of aromatic nitrogens is 1. The fourth-order valence-corrected chi connectivity index (χ4v) is 5.34. The van der Waals surface area contributed by atoms with E-state index in [0.717, 1.165) is 34.9 Å². The van der Waals surface area contributed by atoms with Crippen LogP contribution in [0.2, 0.25) is 0 Å². The molecule has 3 aromatic rings. The molecule has 8 nitrogen and oxygen atoms in total. The fraction of sp³-hybridized carbons (Fsp3) is 0.417. The van der Waals surface area contributed by atoms with E-state index in [0.29, 0.717) is 23.4 Å². The molecular weight excluding hydrogens is 446 g/mol. The normalized spacial score (nSPS) is 15.0. The van der Waals surface area contributed by atoms with Gasteiger partial charge in [-0.1, -0.05) is 13.8 Å². The van der Waals surface area contributed by atoms with Gasteiger partial charge in [-0.2, -0.15) is 0 Å². The second-order valence-corrected chi connectivity index (χ2v) is 11.5. The molecule has 2 heterocycles. The van der Waals surface area contributed by atoms with Crippen LogP contribution in [0.5, 0.6) is 11.5 Å². The number of aromatic carboxylic acids is 1. The maximum atomic E-state index is 12.6. The monoisotopic (exact) mass is 473 g/mol. The van der Waals surface area contributed by atoms with Crippen LogP contribution in [0.3, 0.4) is 0 Å². The molecule has 1 aliphatic rings. The number of benzene rings is 1. The van der Waals surface area contributed by atoms with Crippen LogP contribution in [-0.2, 0) is 21.7 Å². The topological polar surface area (TPSA) is 111 Å². The third kappa shape index (κ3) is 4.17. The lowest BCUT2D eigenvalue weighted by Crippen LogP contribution is -2.21. The highest BCUT2D eigenvalue weighted by Gasteiger charge is 2.34. The first-order chi connectivity index (χ1) is 15.4. The van der Waals surface area contributed by atoms with Crippen LogP contribution < -0.4 is 14.9 Å². The molecule has 0 unspecified atom stereocenters. The minimum Gasteiger partial charge on any atom is -0.493 e. The predicted octanol–water partition coefficient (Wildman–Crippen LogP) is 3.20. The van der Waals surface area contributed by atoms with Crippen LogP contribution in [0.25, 0.3) is 16.3 Å². The average Bonchev–Trinajstić information content (AvgIpc) is 3.05. The summed E-state index contributed by atoms with van der Waals surface area (Å²) in [6, 6.07) is 5.04. The zero-order valence-corrected chi connectivity index (χ0v) is 19.9. The lowest BCUT2D eigenvalue weighted by atomic mass is 9.89. The summed E-state index contributed by atoms with van der Waals surface area (Å²) in [6.07, 6.45) is 4.64. The van der Waals surface area contributed by atoms with Gasteiger partial charge >= 0.3 is 5.97 Å². The van der Waals surface area contributed by atoms with Crippen molar-refractivity contribution in [3.05, 3.63) is 51.4 Å². The van der Waals surface area contributed by atoms with Gasteiger partial charge in [-0.15, -0.1) is 0 Å². The molecule has 0 saturated carbocycles. The molecule has 176 valence electrons. The van der Waals surface area contributed by atoms with Gasteiger partial charge in [-0.3, -0.25) is 4.79 Å². The summed E-state index contributed by atoms with van der Waals surface area (Å²) in [5, 5.41) is 11.2. The zero-order valence-electron chi connectivity index (χ0n) is 19.1. The Hall–Kier alpha value is -3.07. The highest BCUT2D eigenvalue weighted by molar-refractivity contribution is 7.90. The number of fused-ring (bicyclic) bond motifs is 6. The summed E-state index contributed by atoms with van der Waals surface area (Å²) < 4.78 is 36.1. The molecule has 0 saturated heterocycles. The highest BCUT2D eigenvalue weighted by Crippen LogP contribution is 2.45. The van der Waals surface area contributed by atoms with E-state index in [1.807, 2.05) is 10.5 Å². The number of carboxylic acids is 1. The van der Waals surface area contributed by atoms with Crippen molar-refractivity contribution in [2.75, 3.05) is 25.7 Å². The van der Waals surface area contributed by atoms with E-state index in [-0.39, 0.29) is 23.3 Å². The summed E-state index contributed by atoms with van der Waals surface area (Å²) in [5.41, 5.74) is 1.61.